The number of aromatic nitrogens is 2. The molecule has 6 heteroatoms. The average molecular weight is 369 g/mol. The first-order chi connectivity index (χ1) is 13.1. The highest BCUT2D eigenvalue weighted by Crippen LogP contribution is 2.12. The number of hydrogen-bond donors (Lipinski definition) is 1. The molecule has 2 heterocycles. The quantitative estimate of drug-likeness (QED) is 0.648. The Hall–Kier alpha value is -2.34. The van der Waals surface area contributed by atoms with Crippen LogP contribution < -0.4 is 5.32 Å². The summed E-state index contributed by atoms with van der Waals surface area (Å²) in [6, 6.07) is 10.7. The number of piperazine rings is 1. The highest BCUT2D eigenvalue weighted by Gasteiger charge is 2.19. The third kappa shape index (κ3) is 4.89. The molecule has 1 saturated heterocycles. The summed E-state index contributed by atoms with van der Waals surface area (Å²) >= 11 is 0. The van der Waals surface area contributed by atoms with E-state index in [1.54, 1.807) is 0 Å². The largest absolute Gasteiger partial charge is 0.356 e. The van der Waals surface area contributed by atoms with Gasteiger partial charge in [0, 0.05) is 59.1 Å². The Labute approximate surface area is 162 Å². The summed E-state index contributed by atoms with van der Waals surface area (Å²) in [4.78, 5) is 9.37. The topological polar surface area (TPSA) is 48.7 Å². The maximum absolute atomic E-state index is 4.50. The van der Waals surface area contributed by atoms with Gasteiger partial charge >= 0.3 is 0 Å². The molecule has 0 radical (unpaired) electrons. The number of hydrogen-bond acceptors (Lipinski definition) is 3. The fraction of sp³-hybridized carbons (Fsp3) is 0.524. The van der Waals surface area contributed by atoms with Crippen molar-refractivity contribution in [3.05, 3.63) is 52.8 Å². The third-order valence-electron chi connectivity index (χ3n) is 5.45. The van der Waals surface area contributed by atoms with Crippen molar-refractivity contribution < 1.29 is 0 Å². The van der Waals surface area contributed by atoms with E-state index in [0.717, 1.165) is 57.3 Å². The van der Waals surface area contributed by atoms with Gasteiger partial charge in [0.25, 0.3) is 0 Å². The maximum atomic E-state index is 4.50. The van der Waals surface area contributed by atoms with Gasteiger partial charge < -0.3 is 10.2 Å². The Morgan fingerprint density at radius 2 is 1.81 bits per heavy atom. The molecule has 0 spiro atoms. The van der Waals surface area contributed by atoms with Crippen LogP contribution in [0.1, 0.15) is 22.5 Å². The van der Waals surface area contributed by atoms with E-state index in [2.05, 4.69) is 69.4 Å². The van der Waals surface area contributed by atoms with Gasteiger partial charge in [-0.05, 0) is 31.4 Å². The van der Waals surface area contributed by atoms with Crippen molar-refractivity contribution in [1.29, 1.82) is 0 Å². The number of aryl methyl sites for hydroxylation is 2. The number of nitrogens with zero attached hydrogens (tertiary/aromatic N) is 5. The molecule has 0 amide bonds. The molecule has 1 aromatic carbocycles. The lowest BCUT2D eigenvalue weighted by atomic mass is 10.1. The molecule has 1 aromatic heterocycles. The minimum Gasteiger partial charge on any atom is -0.356 e. The van der Waals surface area contributed by atoms with Crippen LogP contribution in [0.4, 0.5) is 0 Å². The molecular formula is C21H32N6. The summed E-state index contributed by atoms with van der Waals surface area (Å²) in [7, 11) is 3.88. The second kappa shape index (κ2) is 9.04. The lowest BCUT2D eigenvalue weighted by Gasteiger charge is -2.36. The molecule has 1 aliphatic heterocycles. The molecule has 0 aliphatic carbocycles. The average Bonchev–Trinajstić information content (AvgIpc) is 2.93. The monoisotopic (exact) mass is 368 g/mol. The van der Waals surface area contributed by atoms with Gasteiger partial charge in [-0.1, -0.05) is 30.3 Å². The highest BCUT2D eigenvalue weighted by atomic mass is 15.3. The first-order valence-electron chi connectivity index (χ1n) is 9.79. The Bertz CT molecular complexity index is 756. The van der Waals surface area contributed by atoms with Crippen LogP contribution in [0.3, 0.4) is 0 Å². The number of benzene rings is 1. The van der Waals surface area contributed by atoms with Crippen molar-refractivity contribution in [1.82, 2.24) is 24.9 Å². The number of rotatable bonds is 5. The Morgan fingerprint density at radius 1 is 1.11 bits per heavy atom. The second-order valence-corrected chi connectivity index (χ2v) is 7.25. The summed E-state index contributed by atoms with van der Waals surface area (Å²) in [6.45, 7) is 10.3. The predicted octanol–water partition coefficient (Wildman–Crippen LogP) is 1.97. The third-order valence-corrected chi connectivity index (χ3v) is 5.45. The van der Waals surface area contributed by atoms with Crippen LogP contribution in [0, 0.1) is 13.8 Å². The molecule has 146 valence electrons. The van der Waals surface area contributed by atoms with Crippen LogP contribution in [0.2, 0.25) is 0 Å². The van der Waals surface area contributed by atoms with Gasteiger partial charge in [-0.3, -0.25) is 14.6 Å². The van der Waals surface area contributed by atoms with Gasteiger partial charge in [0.1, 0.15) is 0 Å². The molecule has 1 aliphatic rings. The standard InChI is InChI=1S/C21H32N6/c1-17-20(18(2)25(4)24-17)10-11-23-21(22-3)27-14-12-26(13-15-27)16-19-8-6-5-7-9-19/h5-9H,10-16H2,1-4H3,(H,22,23). The van der Waals surface area contributed by atoms with E-state index < -0.39 is 0 Å². The number of nitrogens with one attached hydrogen (secondary N) is 1. The predicted molar refractivity (Wildman–Crippen MR) is 111 cm³/mol. The van der Waals surface area contributed by atoms with Gasteiger partial charge in [-0.15, -0.1) is 0 Å². The normalized spacial score (nSPS) is 16.0. The maximum Gasteiger partial charge on any atom is 0.193 e. The minimum atomic E-state index is 0.879. The van der Waals surface area contributed by atoms with E-state index in [1.807, 2.05) is 18.8 Å². The van der Waals surface area contributed by atoms with Crippen LogP contribution in [-0.2, 0) is 20.0 Å². The van der Waals surface area contributed by atoms with Crippen molar-refractivity contribution in [2.75, 3.05) is 39.8 Å². The van der Waals surface area contributed by atoms with Gasteiger partial charge in [-0.25, -0.2) is 0 Å². The Balaban J connectivity index is 1.46. The zero-order chi connectivity index (χ0) is 19.2. The van der Waals surface area contributed by atoms with Crippen LogP contribution in [0.25, 0.3) is 0 Å². The summed E-state index contributed by atoms with van der Waals surface area (Å²) in [5, 5.41) is 8.04. The van der Waals surface area contributed by atoms with E-state index in [-0.39, 0.29) is 0 Å². The summed E-state index contributed by atoms with van der Waals surface area (Å²) in [5.74, 6) is 1.01. The molecule has 2 aromatic rings. The van der Waals surface area contributed by atoms with Crippen molar-refractivity contribution in [3.8, 4) is 0 Å². The highest BCUT2D eigenvalue weighted by molar-refractivity contribution is 5.80. The van der Waals surface area contributed by atoms with Gasteiger partial charge in [0.15, 0.2) is 5.96 Å². The van der Waals surface area contributed by atoms with Crippen molar-refractivity contribution >= 4 is 5.96 Å². The summed E-state index contributed by atoms with van der Waals surface area (Å²) in [5.41, 5.74) is 5.10. The first kappa shape index (κ1) is 19.4. The van der Waals surface area contributed by atoms with Gasteiger partial charge in [0.2, 0.25) is 0 Å². The SMILES string of the molecule is CN=C(NCCc1c(C)nn(C)c1C)N1CCN(Cc2ccccc2)CC1. The molecule has 0 saturated carbocycles. The fourth-order valence-corrected chi connectivity index (χ4v) is 3.77. The fourth-order valence-electron chi connectivity index (χ4n) is 3.77. The van der Waals surface area contributed by atoms with Crippen LogP contribution in [0.15, 0.2) is 35.3 Å². The van der Waals surface area contributed by atoms with Crippen molar-refractivity contribution in [2.24, 2.45) is 12.0 Å². The van der Waals surface area contributed by atoms with E-state index in [1.165, 1.54) is 16.8 Å². The number of aliphatic imine (C=N–C) groups is 1. The molecule has 0 bridgehead atoms. The number of guanidine groups is 1. The van der Waals surface area contributed by atoms with Crippen LogP contribution in [0.5, 0.6) is 0 Å². The first-order valence-corrected chi connectivity index (χ1v) is 9.79. The van der Waals surface area contributed by atoms with E-state index in [9.17, 15) is 0 Å². The van der Waals surface area contributed by atoms with Crippen molar-refractivity contribution in [3.63, 3.8) is 0 Å². The summed E-state index contributed by atoms with van der Waals surface area (Å²) in [6.07, 6.45) is 0.971. The zero-order valence-electron chi connectivity index (χ0n) is 17.1. The molecule has 6 nitrogen and oxygen atoms in total. The zero-order valence-corrected chi connectivity index (χ0v) is 17.1. The lowest BCUT2D eigenvalue weighted by molar-refractivity contribution is 0.172. The molecule has 1 N–H and O–H groups in total. The molecular weight excluding hydrogens is 336 g/mol. The smallest absolute Gasteiger partial charge is 0.193 e. The molecule has 3 rings (SSSR count). The Kier molecular flexibility index (Phi) is 6.50. The second-order valence-electron chi connectivity index (χ2n) is 7.25. The molecule has 0 unspecified atom stereocenters. The van der Waals surface area contributed by atoms with Gasteiger partial charge in [-0.2, -0.15) is 5.10 Å². The van der Waals surface area contributed by atoms with E-state index in [4.69, 9.17) is 0 Å². The van der Waals surface area contributed by atoms with Crippen LogP contribution >= 0.6 is 0 Å². The van der Waals surface area contributed by atoms with Crippen LogP contribution in [-0.4, -0.2) is 65.3 Å². The lowest BCUT2D eigenvalue weighted by Crippen LogP contribution is -2.52. The van der Waals surface area contributed by atoms with Crippen molar-refractivity contribution in [2.45, 2.75) is 26.8 Å². The van der Waals surface area contributed by atoms with Gasteiger partial charge in [0.05, 0.1) is 5.69 Å². The summed E-state index contributed by atoms with van der Waals surface area (Å²) < 4.78 is 1.96. The van der Waals surface area contributed by atoms with E-state index >= 15 is 0 Å². The molecule has 0 atom stereocenters. The molecule has 27 heavy (non-hydrogen) atoms. The molecule has 1 fully saturated rings. The minimum absolute atomic E-state index is 0.879. The van der Waals surface area contributed by atoms with E-state index in [0.29, 0.717) is 0 Å². The Morgan fingerprint density at radius 3 is 2.41 bits per heavy atom.